The molecule has 0 spiro atoms. The van der Waals surface area contributed by atoms with E-state index >= 15 is 0 Å². The van der Waals surface area contributed by atoms with Gasteiger partial charge in [-0.05, 0) is 17.8 Å². The molecule has 0 aromatic rings. The minimum Gasteiger partial charge on any atom is -0.481 e. The summed E-state index contributed by atoms with van der Waals surface area (Å²) in [6.45, 7) is 7.84. The molecule has 8 heteroatoms. The van der Waals surface area contributed by atoms with Gasteiger partial charge in [0, 0.05) is 0 Å². The van der Waals surface area contributed by atoms with Crippen molar-refractivity contribution in [3.63, 3.8) is 0 Å². The van der Waals surface area contributed by atoms with E-state index in [1.807, 2.05) is 27.7 Å². The molecule has 0 aromatic carbocycles. The number of hydrogen-bond acceptors (Lipinski definition) is 5. The summed E-state index contributed by atoms with van der Waals surface area (Å²) in [7, 11) is -4.80. The third kappa shape index (κ3) is 8.11. The Balaban J connectivity index is 4.60. The Morgan fingerprint density at radius 2 is 1.75 bits per heavy atom. The standard InChI is InChI=1S/C12H22O7S/c1-8(6-12(2,3)4)7-19-11(15)9(5-10(13)14)20(16,17)18/h8-9H,5-7H2,1-4H3,(H,13,14)(H,16,17,18). The summed E-state index contributed by atoms with van der Waals surface area (Å²) >= 11 is 0. The lowest BCUT2D eigenvalue weighted by Gasteiger charge is -2.23. The number of carboxylic acid groups (broad SMARTS) is 1. The molecular weight excluding hydrogens is 288 g/mol. The van der Waals surface area contributed by atoms with E-state index in [2.05, 4.69) is 0 Å². The van der Waals surface area contributed by atoms with Gasteiger partial charge in [0.15, 0.2) is 5.25 Å². The van der Waals surface area contributed by atoms with Gasteiger partial charge in [0.1, 0.15) is 0 Å². The molecule has 2 unspecified atom stereocenters. The summed E-state index contributed by atoms with van der Waals surface area (Å²) in [6, 6.07) is 0. The maximum absolute atomic E-state index is 11.6. The van der Waals surface area contributed by atoms with Gasteiger partial charge < -0.3 is 9.84 Å². The van der Waals surface area contributed by atoms with Crippen LogP contribution in [0, 0.1) is 11.3 Å². The Labute approximate surface area is 119 Å². The fourth-order valence-electron chi connectivity index (χ4n) is 1.89. The molecule has 0 amide bonds. The van der Waals surface area contributed by atoms with Crippen molar-refractivity contribution in [2.75, 3.05) is 6.61 Å². The molecule has 0 aliphatic rings. The van der Waals surface area contributed by atoms with Gasteiger partial charge in [0.25, 0.3) is 10.1 Å². The molecule has 0 aliphatic heterocycles. The molecule has 20 heavy (non-hydrogen) atoms. The summed E-state index contributed by atoms with van der Waals surface area (Å²) in [4.78, 5) is 22.1. The van der Waals surface area contributed by atoms with Crippen molar-refractivity contribution in [2.24, 2.45) is 11.3 Å². The van der Waals surface area contributed by atoms with Crippen LogP contribution in [0.1, 0.15) is 40.5 Å². The Morgan fingerprint density at radius 3 is 2.10 bits per heavy atom. The normalized spacial score (nSPS) is 15.4. The molecule has 2 atom stereocenters. The number of ether oxygens (including phenoxy) is 1. The van der Waals surface area contributed by atoms with E-state index in [0.717, 1.165) is 6.42 Å². The predicted molar refractivity (Wildman–Crippen MR) is 71.8 cm³/mol. The number of carbonyl (C=O) groups excluding carboxylic acids is 1. The highest BCUT2D eigenvalue weighted by Gasteiger charge is 2.35. The SMILES string of the molecule is CC(COC(=O)C(CC(=O)O)S(=O)(=O)O)CC(C)(C)C. The van der Waals surface area contributed by atoms with Gasteiger partial charge in [-0.3, -0.25) is 14.1 Å². The topological polar surface area (TPSA) is 118 Å². The Hall–Kier alpha value is -1.15. The highest BCUT2D eigenvalue weighted by atomic mass is 32.2. The summed E-state index contributed by atoms with van der Waals surface area (Å²) < 4.78 is 35.6. The molecular formula is C12H22O7S. The molecule has 2 N–H and O–H groups in total. The minimum absolute atomic E-state index is 0.00850. The van der Waals surface area contributed by atoms with Gasteiger partial charge in [-0.15, -0.1) is 0 Å². The van der Waals surface area contributed by atoms with Gasteiger partial charge in [-0.25, -0.2) is 0 Å². The molecule has 118 valence electrons. The van der Waals surface area contributed by atoms with Crippen molar-refractivity contribution in [1.29, 1.82) is 0 Å². The molecule has 0 radical (unpaired) electrons. The van der Waals surface area contributed by atoms with Crippen LogP contribution in [-0.2, 0) is 24.4 Å². The van der Waals surface area contributed by atoms with Crippen LogP contribution in [0.15, 0.2) is 0 Å². The fourth-order valence-corrected chi connectivity index (χ4v) is 2.55. The number of carboxylic acids is 1. The number of esters is 1. The van der Waals surface area contributed by atoms with Crippen LogP contribution in [0.5, 0.6) is 0 Å². The van der Waals surface area contributed by atoms with Crippen LogP contribution in [0.4, 0.5) is 0 Å². The maximum Gasteiger partial charge on any atom is 0.327 e. The van der Waals surface area contributed by atoms with E-state index in [1.165, 1.54) is 0 Å². The predicted octanol–water partition coefficient (Wildman–Crippen LogP) is 1.33. The largest absolute Gasteiger partial charge is 0.481 e. The molecule has 0 saturated heterocycles. The summed E-state index contributed by atoms with van der Waals surface area (Å²) in [5.41, 5.74) is 0.0232. The van der Waals surface area contributed by atoms with E-state index in [0.29, 0.717) is 0 Å². The third-order valence-corrected chi connectivity index (χ3v) is 3.53. The van der Waals surface area contributed by atoms with Crippen molar-refractivity contribution in [3.8, 4) is 0 Å². The van der Waals surface area contributed by atoms with Gasteiger partial charge in [-0.2, -0.15) is 8.42 Å². The van der Waals surface area contributed by atoms with E-state index in [9.17, 15) is 18.0 Å². The number of aliphatic carboxylic acids is 1. The lowest BCUT2D eigenvalue weighted by Crippen LogP contribution is -2.34. The fraction of sp³-hybridized carbons (Fsp3) is 0.833. The minimum atomic E-state index is -4.80. The second-order valence-electron chi connectivity index (χ2n) is 6.10. The average Bonchev–Trinajstić information content (AvgIpc) is 2.18. The first-order valence-corrected chi connectivity index (χ1v) is 7.68. The molecule has 0 fully saturated rings. The van der Waals surface area contributed by atoms with Crippen LogP contribution >= 0.6 is 0 Å². The number of carbonyl (C=O) groups is 2. The molecule has 0 rings (SSSR count). The molecule has 0 aliphatic carbocycles. The molecule has 0 bridgehead atoms. The summed E-state index contributed by atoms with van der Waals surface area (Å²) in [6.07, 6.45) is -0.277. The highest BCUT2D eigenvalue weighted by Crippen LogP contribution is 2.24. The molecule has 0 aromatic heterocycles. The van der Waals surface area contributed by atoms with Crippen molar-refractivity contribution in [2.45, 2.75) is 45.8 Å². The van der Waals surface area contributed by atoms with Crippen molar-refractivity contribution in [1.82, 2.24) is 0 Å². The zero-order chi connectivity index (χ0) is 16.1. The summed E-state index contributed by atoms with van der Waals surface area (Å²) in [5.74, 6) is -2.76. The van der Waals surface area contributed by atoms with Crippen LogP contribution in [0.3, 0.4) is 0 Å². The first-order valence-electron chi connectivity index (χ1n) is 6.17. The van der Waals surface area contributed by atoms with E-state index in [4.69, 9.17) is 14.4 Å². The Kier molecular flexibility index (Phi) is 6.63. The van der Waals surface area contributed by atoms with Gasteiger partial charge in [0.2, 0.25) is 0 Å². The quantitative estimate of drug-likeness (QED) is 0.538. The van der Waals surface area contributed by atoms with Crippen molar-refractivity contribution >= 4 is 22.1 Å². The molecule has 7 nitrogen and oxygen atoms in total. The lowest BCUT2D eigenvalue weighted by molar-refractivity contribution is -0.148. The van der Waals surface area contributed by atoms with Gasteiger partial charge in [-0.1, -0.05) is 27.7 Å². The van der Waals surface area contributed by atoms with Crippen molar-refractivity contribution in [3.05, 3.63) is 0 Å². The summed E-state index contributed by atoms with van der Waals surface area (Å²) in [5, 5.41) is 6.46. The molecule has 0 saturated carbocycles. The second kappa shape index (κ2) is 7.03. The highest BCUT2D eigenvalue weighted by molar-refractivity contribution is 7.87. The van der Waals surface area contributed by atoms with Crippen molar-refractivity contribution < 1.29 is 32.4 Å². The number of hydrogen-bond donors (Lipinski definition) is 2. The zero-order valence-corrected chi connectivity index (χ0v) is 12.9. The van der Waals surface area contributed by atoms with E-state index in [-0.39, 0.29) is 17.9 Å². The Morgan fingerprint density at radius 1 is 1.25 bits per heavy atom. The third-order valence-electron chi connectivity index (χ3n) is 2.45. The lowest BCUT2D eigenvalue weighted by atomic mass is 9.86. The smallest absolute Gasteiger partial charge is 0.327 e. The number of rotatable bonds is 7. The second-order valence-corrected chi connectivity index (χ2v) is 7.70. The van der Waals surface area contributed by atoms with Gasteiger partial charge in [0.05, 0.1) is 13.0 Å². The maximum atomic E-state index is 11.6. The van der Waals surface area contributed by atoms with Crippen LogP contribution < -0.4 is 0 Å². The van der Waals surface area contributed by atoms with Crippen LogP contribution in [0.2, 0.25) is 0 Å². The first kappa shape index (κ1) is 18.9. The van der Waals surface area contributed by atoms with E-state index < -0.39 is 33.7 Å². The monoisotopic (exact) mass is 310 g/mol. The average molecular weight is 310 g/mol. The van der Waals surface area contributed by atoms with Crippen LogP contribution in [0.25, 0.3) is 0 Å². The Bertz CT molecular complexity index is 447. The first-order chi connectivity index (χ1) is 8.83. The zero-order valence-electron chi connectivity index (χ0n) is 12.1. The van der Waals surface area contributed by atoms with Gasteiger partial charge >= 0.3 is 11.9 Å². The van der Waals surface area contributed by atoms with E-state index in [1.54, 1.807) is 0 Å². The van der Waals surface area contributed by atoms with Crippen LogP contribution in [-0.4, -0.2) is 41.9 Å². The molecule has 0 heterocycles.